The number of aromatic nitrogens is 1. The number of carbonyl (C=O) groups excluding carboxylic acids is 1. The number of nitrogens with zero attached hydrogens (tertiary/aromatic N) is 1. The van der Waals surface area contributed by atoms with Crippen LogP contribution in [0.3, 0.4) is 0 Å². The summed E-state index contributed by atoms with van der Waals surface area (Å²) in [6.07, 6.45) is -2.26. The first-order chi connectivity index (χ1) is 7.52. The van der Waals surface area contributed by atoms with Gasteiger partial charge in [0.2, 0.25) is 0 Å². The molecule has 0 saturated carbocycles. The fourth-order valence-corrected chi connectivity index (χ4v) is 1.18. The van der Waals surface area contributed by atoms with E-state index in [1.807, 2.05) is 0 Å². The third-order valence-corrected chi connectivity index (χ3v) is 1.95. The highest BCUT2D eigenvalue weighted by Gasteiger charge is 2.25. The normalized spacial score (nSPS) is 10.6. The minimum atomic E-state index is -3.09. The smallest absolute Gasteiger partial charge is 0.342 e. The summed E-state index contributed by atoms with van der Waals surface area (Å²) in [6, 6.07) is 0. The molecule has 0 bridgehead atoms. The number of alkyl halides is 2. The van der Waals surface area contributed by atoms with Crippen molar-refractivity contribution in [2.75, 3.05) is 7.11 Å². The maximum absolute atomic E-state index is 13.5. The second-order valence-corrected chi connectivity index (χ2v) is 2.84. The molecule has 0 aliphatic heterocycles. The van der Waals surface area contributed by atoms with Gasteiger partial charge in [-0.15, -0.1) is 0 Å². The molecule has 2 N–H and O–H groups in total. The number of hydrogen-bond acceptors (Lipinski definition) is 4. The molecule has 0 amide bonds. The third kappa shape index (κ3) is 2.13. The van der Waals surface area contributed by atoms with Crippen molar-refractivity contribution in [2.45, 2.75) is 13.0 Å². The van der Waals surface area contributed by atoms with E-state index in [0.717, 1.165) is 13.3 Å². The number of hydrogen-bond donors (Lipinski definition) is 1. The first kappa shape index (κ1) is 12.4. The summed E-state index contributed by atoms with van der Waals surface area (Å²) in [5.41, 5.74) is 3.28. The van der Waals surface area contributed by atoms with Gasteiger partial charge in [-0.1, -0.05) is 0 Å². The van der Waals surface area contributed by atoms with Gasteiger partial charge in [-0.25, -0.2) is 18.0 Å². The van der Waals surface area contributed by atoms with Gasteiger partial charge in [-0.2, -0.15) is 0 Å². The Balaban J connectivity index is 3.37. The van der Waals surface area contributed by atoms with Crippen molar-refractivity contribution >= 4 is 5.97 Å². The van der Waals surface area contributed by atoms with E-state index in [4.69, 9.17) is 5.73 Å². The fourth-order valence-electron chi connectivity index (χ4n) is 1.18. The molecule has 0 saturated heterocycles. The van der Waals surface area contributed by atoms with E-state index in [-0.39, 0.29) is 12.2 Å². The Morgan fingerprint density at radius 2 is 2.25 bits per heavy atom. The molecule has 0 fully saturated rings. The molecule has 1 rings (SSSR count). The summed E-state index contributed by atoms with van der Waals surface area (Å²) in [5.74, 6) is -2.40. The zero-order chi connectivity index (χ0) is 12.3. The van der Waals surface area contributed by atoms with Crippen molar-refractivity contribution in [3.63, 3.8) is 0 Å². The SMILES string of the molecule is COC(=O)c1cnc(CN)c(C(F)F)c1F. The Morgan fingerprint density at radius 3 is 2.69 bits per heavy atom. The van der Waals surface area contributed by atoms with Gasteiger partial charge in [-0.3, -0.25) is 4.98 Å². The lowest BCUT2D eigenvalue weighted by Crippen LogP contribution is -2.13. The van der Waals surface area contributed by atoms with Crippen LogP contribution in [0, 0.1) is 5.82 Å². The standard InChI is InChI=1S/C9H9F3N2O2/c1-16-9(15)4-3-14-5(2-13)6(7(4)10)8(11)12/h3,8H,2,13H2,1H3. The van der Waals surface area contributed by atoms with Gasteiger partial charge in [0.1, 0.15) is 11.4 Å². The highest BCUT2D eigenvalue weighted by atomic mass is 19.3. The van der Waals surface area contributed by atoms with E-state index >= 15 is 0 Å². The monoisotopic (exact) mass is 234 g/mol. The molecule has 1 aromatic rings. The lowest BCUT2D eigenvalue weighted by Gasteiger charge is -2.09. The van der Waals surface area contributed by atoms with E-state index < -0.39 is 29.3 Å². The molecule has 0 aliphatic rings. The zero-order valence-corrected chi connectivity index (χ0v) is 8.34. The number of esters is 1. The van der Waals surface area contributed by atoms with Gasteiger partial charge < -0.3 is 10.5 Å². The Morgan fingerprint density at radius 1 is 1.62 bits per heavy atom. The second-order valence-electron chi connectivity index (χ2n) is 2.84. The molecule has 88 valence electrons. The number of ether oxygens (including phenoxy) is 1. The van der Waals surface area contributed by atoms with E-state index in [9.17, 15) is 18.0 Å². The number of rotatable bonds is 3. The van der Waals surface area contributed by atoms with Crippen LogP contribution in [-0.4, -0.2) is 18.1 Å². The quantitative estimate of drug-likeness (QED) is 0.803. The van der Waals surface area contributed by atoms with Crippen LogP contribution in [0.1, 0.15) is 28.0 Å². The first-order valence-electron chi connectivity index (χ1n) is 4.26. The summed E-state index contributed by atoms with van der Waals surface area (Å²) in [7, 11) is 1.01. The number of pyridine rings is 1. The van der Waals surface area contributed by atoms with E-state index in [0.29, 0.717) is 0 Å². The topological polar surface area (TPSA) is 65.2 Å². The van der Waals surface area contributed by atoms with Crippen LogP contribution in [-0.2, 0) is 11.3 Å². The van der Waals surface area contributed by atoms with Gasteiger partial charge in [-0.05, 0) is 0 Å². The average Bonchev–Trinajstić information content (AvgIpc) is 2.26. The minimum Gasteiger partial charge on any atom is -0.465 e. The summed E-state index contributed by atoms with van der Waals surface area (Å²) < 4.78 is 42.8. The summed E-state index contributed by atoms with van der Waals surface area (Å²) >= 11 is 0. The molecule has 1 aromatic heterocycles. The molecule has 16 heavy (non-hydrogen) atoms. The highest BCUT2D eigenvalue weighted by molar-refractivity contribution is 5.89. The van der Waals surface area contributed by atoms with Crippen molar-refractivity contribution in [1.82, 2.24) is 4.98 Å². The lowest BCUT2D eigenvalue weighted by molar-refractivity contribution is 0.0593. The highest BCUT2D eigenvalue weighted by Crippen LogP contribution is 2.26. The van der Waals surface area contributed by atoms with Crippen LogP contribution in [0.5, 0.6) is 0 Å². The molecule has 0 unspecified atom stereocenters. The van der Waals surface area contributed by atoms with E-state index in [1.54, 1.807) is 0 Å². The largest absolute Gasteiger partial charge is 0.465 e. The molecule has 0 atom stereocenters. The molecule has 0 spiro atoms. The molecule has 7 heteroatoms. The number of carbonyl (C=O) groups is 1. The average molecular weight is 234 g/mol. The van der Waals surface area contributed by atoms with Gasteiger partial charge in [0, 0.05) is 12.7 Å². The molecule has 0 aliphatic carbocycles. The molecular formula is C9H9F3N2O2. The van der Waals surface area contributed by atoms with E-state index in [1.165, 1.54) is 0 Å². The Labute approximate surface area is 89.2 Å². The zero-order valence-electron chi connectivity index (χ0n) is 8.34. The van der Waals surface area contributed by atoms with Crippen molar-refractivity contribution in [2.24, 2.45) is 5.73 Å². The van der Waals surface area contributed by atoms with Crippen molar-refractivity contribution in [3.05, 3.63) is 28.8 Å². The molecule has 1 heterocycles. The summed E-state index contributed by atoms with van der Waals surface area (Å²) in [4.78, 5) is 14.5. The molecular weight excluding hydrogens is 225 g/mol. The van der Waals surface area contributed by atoms with Gasteiger partial charge in [0.15, 0.2) is 0 Å². The van der Waals surface area contributed by atoms with Crippen LogP contribution in [0.2, 0.25) is 0 Å². The lowest BCUT2D eigenvalue weighted by atomic mass is 10.1. The van der Waals surface area contributed by atoms with Crippen LogP contribution in [0.25, 0.3) is 0 Å². The van der Waals surface area contributed by atoms with Crippen LogP contribution in [0.4, 0.5) is 13.2 Å². The van der Waals surface area contributed by atoms with Crippen LogP contribution < -0.4 is 5.73 Å². The predicted molar refractivity (Wildman–Crippen MR) is 48.4 cm³/mol. The third-order valence-electron chi connectivity index (χ3n) is 1.95. The summed E-state index contributed by atoms with van der Waals surface area (Å²) in [6.45, 7) is -0.335. The van der Waals surface area contributed by atoms with Crippen LogP contribution >= 0.6 is 0 Å². The van der Waals surface area contributed by atoms with Gasteiger partial charge >= 0.3 is 5.97 Å². The van der Waals surface area contributed by atoms with Crippen molar-refractivity contribution in [1.29, 1.82) is 0 Å². The van der Waals surface area contributed by atoms with Crippen LogP contribution in [0.15, 0.2) is 6.20 Å². The second kappa shape index (κ2) is 4.93. The fraction of sp³-hybridized carbons (Fsp3) is 0.333. The number of nitrogens with two attached hydrogens (primary N) is 1. The van der Waals surface area contributed by atoms with Gasteiger partial charge in [0.25, 0.3) is 6.43 Å². The molecule has 0 radical (unpaired) electrons. The Hall–Kier alpha value is -1.63. The van der Waals surface area contributed by atoms with Gasteiger partial charge in [0.05, 0.1) is 18.4 Å². The van der Waals surface area contributed by atoms with E-state index in [2.05, 4.69) is 9.72 Å². The minimum absolute atomic E-state index is 0.278. The first-order valence-corrected chi connectivity index (χ1v) is 4.26. The maximum Gasteiger partial charge on any atom is 0.342 e. The van der Waals surface area contributed by atoms with Crippen molar-refractivity contribution < 1.29 is 22.7 Å². The van der Waals surface area contributed by atoms with Crippen molar-refractivity contribution in [3.8, 4) is 0 Å². The Bertz CT molecular complexity index is 410. The summed E-state index contributed by atoms with van der Waals surface area (Å²) in [5, 5.41) is 0. The molecule has 0 aromatic carbocycles. The maximum atomic E-state index is 13.5. The predicted octanol–water partition coefficient (Wildman–Crippen LogP) is 1.40. The Kier molecular flexibility index (Phi) is 3.83. The molecule has 4 nitrogen and oxygen atoms in total. The number of halogens is 3. The number of methoxy groups -OCH3 is 1.